The summed E-state index contributed by atoms with van der Waals surface area (Å²) in [5.41, 5.74) is 4.05. The van der Waals surface area contributed by atoms with Crippen molar-refractivity contribution in [2.75, 3.05) is 0 Å². The van der Waals surface area contributed by atoms with Crippen LogP contribution in [0.25, 0.3) is 0 Å². The second kappa shape index (κ2) is 3.48. The van der Waals surface area contributed by atoms with Gasteiger partial charge in [-0.1, -0.05) is 5.16 Å². The third kappa shape index (κ3) is 2.09. The Hall–Kier alpha value is -1.86. The van der Waals surface area contributed by atoms with E-state index in [4.69, 9.17) is 10.9 Å². The summed E-state index contributed by atoms with van der Waals surface area (Å²) in [6.45, 7) is 0. The van der Waals surface area contributed by atoms with E-state index in [0.717, 1.165) is 0 Å². The molecule has 1 aromatic rings. The quantitative estimate of drug-likeness (QED) is 0.305. The second-order valence-corrected chi connectivity index (χ2v) is 2.28. The SMILES string of the molecule is NC(=NO)c1ncc(C(F)(F)F)cn1. The van der Waals surface area contributed by atoms with Crippen LogP contribution in [0.5, 0.6) is 0 Å². The molecule has 0 aliphatic carbocycles. The second-order valence-electron chi connectivity index (χ2n) is 2.28. The van der Waals surface area contributed by atoms with Crippen molar-refractivity contribution in [2.45, 2.75) is 6.18 Å². The number of amidine groups is 1. The molecule has 0 saturated carbocycles. The van der Waals surface area contributed by atoms with Gasteiger partial charge in [0.2, 0.25) is 5.84 Å². The van der Waals surface area contributed by atoms with Crippen LogP contribution in [0.4, 0.5) is 13.2 Å². The van der Waals surface area contributed by atoms with Crippen LogP contribution in [0.2, 0.25) is 0 Å². The van der Waals surface area contributed by atoms with Gasteiger partial charge in [0.1, 0.15) is 0 Å². The molecule has 5 nitrogen and oxygen atoms in total. The molecule has 0 saturated heterocycles. The lowest BCUT2D eigenvalue weighted by molar-refractivity contribution is -0.138. The molecule has 0 bridgehead atoms. The van der Waals surface area contributed by atoms with Crippen LogP contribution < -0.4 is 5.73 Å². The number of halogens is 3. The Kier molecular flexibility index (Phi) is 2.54. The summed E-state index contributed by atoms with van der Waals surface area (Å²) in [7, 11) is 0. The van der Waals surface area contributed by atoms with Crippen molar-refractivity contribution in [3.8, 4) is 0 Å². The van der Waals surface area contributed by atoms with Gasteiger partial charge in [0, 0.05) is 12.4 Å². The summed E-state index contributed by atoms with van der Waals surface area (Å²) in [6.07, 6.45) is -3.38. The fourth-order valence-electron chi connectivity index (χ4n) is 0.651. The zero-order valence-electron chi connectivity index (χ0n) is 6.65. The molecule has 14 heavy (non-hydrogen) atoms. The molecule has 0 aliphatic rings. The summed E-state index contributed by atoms with van der Waals surface area (Å²) in [4.78, 5) is 6.54. The number of alkyl halides is 3. The van der Waals surface area contributed by atoms with Crippen LogP contribution in [0.3, 0.4) is 0 Å². The Bertz CT molecular complexity index is 345. The minimum absolute atomic E-state index is 0.263. The standard InChI is InChI=1S/C6H5F3N4O/c7-6(8,9)3-1-11-5(12-2-3)4(10)13-14/h1-2,14H,(H2,10,13). The molecule has 0 aliphatic heterocycles. The van der Waals surface area contributed by atoms with E-state index in [1.807, 2.05) is 0 Å². The summed E-state index contributed by atoms with van der Waals surface area (Å²) < 4.78 is 36.0. The Morgan fingerprint density at radius 1 is 1.36 bits per heavy atom. The first-order chi connectivity index (χ1) is 6.45. The molecule has 3 N–H and O–H groups in total. The number of oxime groups is 1. The normalized spacial score (nSPS) is 12.9. The highest BCUT2D eigenvalue weighted by Gasteiger charge is 2.31. The highest BCUT2D eigenvalue weighted by Crippen LogP contribution is 2.27. The smallest absolute Gasteiger partial charge is 0.409 e. The Balaban J connectivity index is 3.01. The number of aromatic nitrogens is 2. The number of nitrogens with two attached hydrogens (primary N) is 1. The number of hydrogen-bond acceptors (Lipinski definition) is 4. The average molecular weight is 206 g/mol. The lowest BCUT2D eigenvalue weighted by Gasteiger charge is -2.04. The van der Waals surface area contributed by atoms with Gasteiger partial charge in [0.25, 0.3) is 0 Å². The largest absolute Gasteiger partial charge is 0.419 e. The van der Waals surface area contributed by atoms with Crippen LogP contribution >= 0.6 is 0 Å². The maximum absolute atomic E-state index is 12.0. The van der Waals surface area contributed by atoms with Crippen LogP contribution in [-0.2, 0) is 6.18 Å². The van der Waals surface area contributed by atoms with E-state index in [0.29, 0.717) is 12.4 Å². The lowest BCUT2D eigenvalue weighted by Crippen LogP contribution is -2.18. The first-order valence-corrected chi connectivity index (χ1v) is 3.32. The molecule has 76 valence electrons. The van der Waals surface area contributed by atoms with Crippen LogP contribution in [-0.4, -0.2) is 21.0 Å². The van der Waals surface area contributed by atoms with E-state index in [-0.39, 0.29) is 5.82 Å². The molecule has 0 spiro atoms. The van der Waals surface area contributed by atoms with Gasteiger partial charge in [-0.25, -0.2) is 9.97 Å². The van der Waals surface area contributed by atoms with Crippen molar-refractivity contribution in [1.82, 2.24) is 9.97 Å². The molecule has 0 amide bonds. The minimum Gasteiger partial charge on any atom is -0.409 e. The third-order valence-corrected chi connectivity index (χ3v) is 1.32. The van der Waals surface area contributed by atoms with Crippen LogP contribution in [0, 0.1) is 0 Å². The van der Waals surface area contributed by atoms with Crippen molar-refractivity contribution < 1.29 is 18.4 Å². The van der Waals surface area contributed by atoms with E-state index < -0.39 is 17.6 Å². The fraction of sp³-hybridized carbons (Fsp3) is 0.167. The molecule has 0 radical (unpaired) electrons. The van der Waals surface area contributed by atoms with Crippen LogP contribution in [0.15, 0.2) is 17.5 Å². The molecule has 0 unspecified atom stereocenters. The minimum atomic E-state index is -4.50. The molecule has 8 heteroatoms. The summed E-state index contributed by atoms with van der Waals surface area (Å²) >= 11 is 0. The van der Waals surface area contributed by atoms with Gasteiger partial charge in [0.05, 0.1) is 5.56 Å². The number of hydrogen-bond donors (Lipinski definition) is 2. The van der Waals surface area contributed by atoms with Gasteiger partial charge < -0.3 is 10.9 Å². The van der Waals surface area contributed by atoms with Crippen LogP contribution in [0.1, 0.15) is 11.4 Å². The molecule has 0 aromatic carbocycles. The predicted molar refractivity (Wildman–Crippen MR) is 39.5 cm³/mol. The number of nitrogens with zero attached hydrogens (tertiary/aromatic N) is 3. The Morgan fingerprint density at radius 3 is 2.21 bits per heavy atom. The van der Waals surface area contributed by atoms with Gasteiger partial charge in [-0.3, -0.25) is 0 Å². The predicted octanol–water partition coefficient (Wildman–Crippen LogP) is 0.590. The van der Waals surface area contributed by atoms with Gasteiger partial charge in [-0.15, -0.1) is 0 Å². The van der Waals surface area contributed by atoms with E-state index in [2.05, 4.69) is 15.1 Å². The summed E-state index contributed by atoms with van der Waals surface area (Å²) in [5.74, 6) is -0.709. The van der Waals surface area contributed by atoms with E-state index in [1.165, 1.54) is 0 Å². The summed E-state index contributed by atoms with van der Waals surface area (Å²) in [6, 6.07) is 0. The molecule has 1 rings (SSSR count). The maximum Gasteiger partial charge on any atom is 0.419 e. The first kappa shape index (κ1) is 10.2. The van der Waals surface area contributed by atoms with Crippen molar-refractivity contribution in [3.05, 3.63) is 23.8 Å². The fourth-order valence-corrected chi connectivity index (χ4v) is 0.651. The Labute approximate surface area is 76.1 Å². The third-order valence-electron chi connectivity index (χ3n) is 1.32. The first-order valence-electron chi connectivity index (χ1n) is 3.32. The molecular formula is C6H5F3N4O. The Morgan fingerprint density at radius 2 is 1.86 bits per heavy atom. The van der Waals surface area contributed by atoms with E-state index in [9.17, 15) is 13.2 Å². The number of rotatable bonds is 1. The van der Waals surface area contributed by atoms with Crippen molar-refractivity contribution in [1.29, 1.82) is 0 Å². The zero-order chi connectivity index (χ0) is 10.8. The van der Waals surface area contributed by atoms with E-state index in [1.54, 1.807) is 0 Å². The monoisotopic (exact) mass is 206 g/mol. The maximum atomic E-state index is 12.0. The molecule has 0 atom stereocenters. The van der Waals surface area contributed by atoms with Gasteiger partial charge in [0.15, 0.2) is 5.82 Å². The van der Waals surface area contributed by atoms with Crippen molar-refractivity contribution in [3.63, 3.8) is 0 Å². The topological polar surface area (TPSA) is 84.4 Å². The lowest BCUT2D eigenvalue weighted by atomic mass is 10.3. The van der Waals surface area contributed by atoms with Gasteiger partial charge in [-0.2, -0.15) is 13.2 Å². The van der Waals surface area contributed by atoms with E-state index >= 15 is 0 Å². The average Bonchev–Trinajstić information content (AvgIpc) is 2.15. The highest BCUT2D eigenvalue weighted by molar-refractivity contribution is 5.93. The molecule has 1 heterocycles. The molecule has 0 fully saturated rings. The highest BCUT2D eigenvalue weighted by atomic mass is 19.4. The molecular weight excluding hydrogens is 201 g/mol. The van der Waals surface area contributed by atoms with Crippen molar-refractivity contribution >= 4 is 5.84 Å². The van der Waals surface area contributed by atoms with Gasteiger partial charge in [-0.05, 0) is 0 Å². The zero-order valence-corrected chi connectivity index (χ0v) is 6.65. The van der Waals surface area contributed by atoms with Crippen molar-refractivity contribution in [2.24, 2.45) is 10.9 Å². The summed E-state index contributed by atoms with van der Waals surface area (Å²) in [5, 5.41) is 10.7. The van der Waals surface area contributed by atoms with Gasteiger partial charge >= 0.3 is 6.18 Å². The molecule has 1 aromatic heterocycles.